The molecule has 0 radical (unpaired) electrons. The van der Waals surface area contributed by atoms with Gasteiger partial charge in [-0.15, -0.1) is 11.3 Å². The van der Waals surface area contributed by atoms with Gasteiger partial charge in [-0.1, -0.05) is 11.6 Å². The molecule has 2 rings (SSSR count). The van der Waals surface area contributed by atoms with Crippen LogP contribution in [0.5, 0.6) is 0 Å². The van der Waals surface area contributed by atoms with Gasteiger partial charge in [-0.25, -0.2) is 9.78 Å². The van der Waals surface area contributed by atoms with Gasteiger partial charge in [-0.3, -0.25) is 0 Å². The van der Waals surface area contributed by atoms with E-state index in [0.717, 1.165) is 0 Å². The van der Waals surface area contributed by atoms with E-state index >= 15 is 0 Å². The molecule has 0 unspecified atom stereocenters. The summed E-state index contributed by atoms with van der Waals surface area (Å²) in [5.41, 5.74) is 0.272. The molecule has 0 aliphatic rings. The molecule has 0 saturated carbocycles. The van der Waals surface area contributed by atoms with Crippen LogP contribution in [0.2, 0.25) is 5.02 Å². The van der Waals surface area contributed by atoms with Crippen molar-refractivity contribution in [3.8, 4) is 0 Å². The number of alkyl halides is 2. The Kier molecular flexibility index (Phi) is 2.55. The number of carboxylic acids is 1. The highest BCUT2D eigenvalue weighted by Crippen LogP contribution is 2.35. The molecule has 1 aromatic heterocycles. The van der Waals surface area contributed by atoms with E-state index < -0.39 is 16.9 Å². The van der Waals surface area contributed by atoms with Crippen molar-refractivity contribution in [2.45, 2.75) is 5.92 Å². The Bertz CT molecular complexity index is 570. The smallest absolute Gasteiger partial charge is 0.393 e. The number of hydrogen-bond acceptors (Lipinski definition) is 3. The number of carbonyl (C=O) groups is 1. The Morgan fingerprint density at radius 3 is 2.81 bits per heavy atom. The third-order valence-corrected chi connectivity index (χ3v) is 3.23. The lowest BCUT2D eigenvalue weighted by molar-refractivity contribution is -0.166. The maximum Gasteiger partial charge on any atom is 0.393 e. The van der Waals surface area contributed by atoms with E-state index in [9.17, 15) is 13.6 Å². The normalized spacial score (nSPS) is 11.9. The number of aliphatic carboxylic acids is 1. The number of nitrogens with zero attached hydrogens (tertiary/aromatic N) is 1. The summed E-state index contributed by atoms with van der Waals surface area (Å²) in [5.74, 6) is -6.17. The number of hydrogen-bond donors (Lipinski definition) is 1. The molecule has 16 heavy (non-hydrogen) atoms. The summed E-state index contributed by atoms with van der Waals surface area (Å²) < 4.78 is 26.7. The molecule has 0 fully saturated rings. The minimum absolute atomic E-state index is 0.272. The van der Waals surface area contributed by atoms with Crippen LogP contribution < -0.4 is 0 Å². The predicted octanol–water partition coefficient (Wildman–Crippen LogP) is 3.13. The first-order chi connectivity index (χ1) is 7.41. The van der Waals surface area contributed by atoms with Gasteiger partial charge in [0.1, 0.15) is 0 Å². The monoisotopic (exact) mass is 263 g/mol. The van der Waals surface area contributed by atoms with Crippen LogP contribution in [-0.4, -0.2) is 16.1 Å². The first kappa shape index (κ1) is 11.2. The van der Waals surface area contributed by atoms with Crippen LogP contribution in [0, 0.1) is 0 Å². The molecule has 7 heteroatoms. The Labute approximate surface area is 97.3 Å². The maximum atomic E-state index is 13.1. The number of carboxylic acid groups (broad SMARTS) is 1. The van der Waals surface area contributed by atoms with Gasteiger partial charge in [0, 0.05) is 5.02 Å². The van der Waals surface area contributed by atoms with Gasteiger partial charge in [0.25, 0.3) is 0 Å². The van der Waals surface area contributed by atoms with Crippen molar-refractivity contribution in [2.75, 3.05) is 0 Å². The van der Waals surface area contributed by atoms with Gasteiger partial charge in [0.2, 0.25) is 0 Å². The first-order valence-corrected chi connectivity index (χ1v) is 5.28. The fourth-order valence-electron chi connectivity index (χ4n) is 1.13. The lowest BCUT2D eigenvalue weighted by atomic mass is 10.3. The van der Waals surface area contributed by atoms with Crippen LogP contribution in [0.3, 0.4) is 0 Å². The molecule has 0 amide bonds. The highest BCUT2D eigenvalue weighted by Gasteiger charge is 2.44. The fraction of sp³-hybridized carbons (Fsp3) is 0.111. The van der Waals surface area contributed by atoms with Crippen molar-refractivity contribution >= 4 is 39.1 Å². The van der Waals surface area contributed by atoms with Gasteiger partial charge < -0.3 is 5.11 Å². The number of benzene rings is 1. The average Bonchev–Trinajstić information content (AvgIpc) is 2.60. The van der Waals surface area contributed by atoms with Crippen molar-refractivity contribution in [3.05, 3.63) is 28.2 Å². The number of aromatic nitrogens is 1. The van der Waals surface area contributed by atoms with E-state index in [1.165, 1.54) is 18.2 Å². The second kappa shape index (κ2) is 3.64. The average molecular weight is 264 g/mol. The van der Waals surface area contributed by atoms with Crippen LogP contribution in [0.1, 0.15) is 5.01 Å². The van der Waals surface area contributed by atoms with E-state index in [1.54, 1.807) is 0 Å². The molecule has 1 aromatic carbocycles. The number of fused-ring (bicyclic) bond motifs is 1. The Balaban J connectivity index is 2.59. The second-order valence-electron chi connectivity index (χ2n) is 3.01. The van der Waals surface area contributed by atoms with Gasteiger partial charge in [0.05, 0.1) is 10.2 Å². The number of thiazole rings is 1. The quantitative estimate of drug-likeness (QED) is 0.906. The topological polar surface area (TPSA) is 50.2 Å². The van der Waals surface area contributed by atoms with Crippen LogP contribution in [-0.2, 0) is 10.7 Å². The van der Waals surface area contributed by atoms with Crippen LogP contribution in [0.25, 0.3) is 10.2 Å². The first-order valence-electron chi connectivity index (χ1n) is 4.09. The van der Waals surface area contributed by atoms with Crippen molar-refractivity contribution in [1.29, 1.82) is 0 Å². The summed E-state index contributed by atoms with van der Waals surface area (Å²) in [6.45, 7) is 0. The molecule has 0 spiro atoms. The van der Waals surface area contributed by atoms with Crippen molar-refractivity contribution in [1.82, 2.24) is 4.98 Å². The molecule has 1 N–H and O–H groups in total. The molecular formula is C9H4ClF2NO2S. The van der Waals surface area contributed by atoms with Crippen LogP contribution in [0.15, 0.2) is 18.2 Å². The molecule has 0 saturated heterocycles. The largest absolute Gasteiger partial charge is 0.476 e. The van der Waals surface area contributed by atoms with Gasteiger partial charge in [-0.05, 0) is 18.2 Å². The second-order valence-corrected chi connectivity index (χ2v) is 4.48. The van der Waals surface area contributed by atoms with Gasteiger partial charge in [-0.2, -0.15) is 8.78 Å². The lowest BCUT2D eigenvalue weighted by Gasteiger charge is -2.05. The molecule has 0 atom stereocenters. The summed E-state index contributed by atoms with van der Waals surface area (Å²) in [6, 6.07) is 4.47. The minimum Gasteiger partial charge on any atom is -0.476 e. The lowest BCUT2D eigenvalue weighted by Crippen LogP contribution is -2.24. The maximum absolute atomic E-state index is 13.1. The van der Waals surface area contributed by atoms with E-state index in [0.29, 0.717) is 21.1 Å². The Hall–Kier alpha value is -1.27. The SMILES string of the molecule is O=C(O)C(F)(F)c1nc2cc(Cl)ccc2s1. The molecule has 0 aliphatic carbocycles. The molecule has 84 valence electrons. The summed E-state index contributed by atoms with van der Waals surface area (Å²) in [7, 11) is 0. The van der Waals surface area contributed by atoms with Gasteiger partial charge in [0.15, 0.2) is 5.01 Å². The highest BCUT2D eigenvalue weighted by molar-refractivity contribution is 7.18. The molecule has 1 heterocycles. The zero-order valence-electron chi connectivity index (χ0n) is 7.58. The van der Waals surface area contributed by atoms with E-state index in [1.807, 2.05) is 0 Å². The predicted molar refractivity (Wildman–Crippen MR) is 56.2 cm³/mol. The standard InChI is InChI=1S/C9H4ClF2NO2S/c10-4-1-2-6-5(3-4)13-7(16-6)9(11,12)8(14)15/h1-3H,(H,14,15). The summed E-state index contributed by atoms with van der Waals surface area (Å²) in [4.78, 5) is 13.9. The molecule has 0 aliphatic heterocycles. The summed E-state index contributed by atoms with van der Waals surface area (Å²) in [5, 5.41) is 7.99. The zero-order chi connectivity index (χ0) is 11.9. The summed E-state index contributed by atoms with van der Waals surface area (Å²) >= 11 is 6.31. The van der Waals surface area contributed by atoms with E-state index in [-0.39, 0.29) is 5.52 Å². The summed E-state index contributed by atoms with van der Waals surface area (Å²) in [6.07, 6.45) is 0. The van der Waals surface area contributed by atoms with Crippen molar-refractivity contribution in [3.63, 3.8) is 0 Å². The third-order valence-electron chi connectivity index (χ3n) is 1.89. The highest BCUT2D eigenvalue weighted by atomic mass is 35.5. The van der Waals surface area contributed by atoms with Crippen LogP contribution >= 0.6 is 22.9 Å². The molecule has 3 nitrogen and oxygen atoms in total. The molecule has 0 bridgehead atoms. The van der Waals surface area contributed by atoms with E-state index in [2.05, 4.69) is 4.98 Å². The third kappa shape index (κ3) is 1.74. The van der Waals surface area contributed by atoms with Gasteiger partial charge >= 0.3 is 11.9 Å². The minimum atomic E-state index is -3.96. The van der Waals surface area contributed by atoms with Crippen molar-refractivity contribution in [2.24, 2.45) is 0 Å². The zero-order valence-corrected chi connectivity index (χ0v) is 9.15. The number of halogens is 3. The Morgan fingerprint density at radius 1 is 1.50 bits per heavy atom. The van der Waals surface area contributed by atoms with E-state index in [4.69, 9.17) is 16.7 Å². The fourth-order valence-corrected chi connectivity index (χ4v) is 2.21. The van der Waals surface area contributed by atoms with Crippen molar-refractivity contribution < 1.29 is 18.7 Å². The molecule has 2 aromatic rings. The molecular weight excluding hydrogens is 260 g/mol. The van der Waals surface area contributed by atoms with Crippen LogP contribution in [0.4, 0.5) is 8.78 Å². The Morgan fingerprint density at radius 2 is 2.19 bits per heavy atom. The number of rotatable bonds is 2.